The number of likely N-dealkylation sites (N-methyl/N-ethyl adjacent to an activating group) is 1. The van der Waals surface area contributed by atoms with Gasteiger partial charge in [-0.15, -0.1) is 0 Å². The van der Waals surface area contributed by atoms with Crippen molar-refractivity contribution in [1.29, 1.82) is 0 Å². The first-order valence-electron chi connectivity index (χ1n) is 18.9. The Morgan fingerprint density at radius 2 is 1.60 bits per heavy atom. The standard InChI is InChI=1S/C39H64N6O7S/c1-24(2)32(43(10)38(49)34(39(7,8)9)41-36(47)31-15-12-13-21-44(31)25(3)4)23-26(5)37(48)45-22-14-16-30(45)33(52-11)27(6)35(46)42-53(50,51)29-19-17-28(40)18-20-29/h17-20,23-25,27,30-34H,12-16,21-22,40H2,1-11H3,(H,41,47)(H,42,46)/t27-,30+,31+,32-,33-,34-/m1/s1. The molecule has 13 nitrogen and oxygen atoms in total. The van der Waals surface area contributed by atoms with Gasteiger partial charge in [0.25, 0.3) is 10.0 Å². The largest absolute Gasteiger partial charge is 0.399 e. The van der Waals surface area contributed by atoms with Crippen LogP contribution in [0.2, 0.25) is 0 Å². The predicted molar refractivity (Wildman–Crippen MR) is 207 cm³/mol. The molecule has 2 aliphatic rings. The lowest BCUT2D eigenvalue weighted by Crippen LogP contribution is -2.60. The number of likely N-dealkylation sites (tertiary alicyclic amines) is 2. The lowest BCUT2D eigenvalue weighted by molar-refractivity contribution is -0.142. The fraction of sp³-hybridized carbons (Fsp3) is 0.692. The van der Waals surface area contributed by atoms with Gasteiger partial charge in [-0.2, -0.15) is 0 Å². The van der Waals surface area contributed by atoms with Crippen LogP contribution in [0.5, 0.6) is 0 Å². The van der Waals surface area contributed by atoms with Crippen molar-refractivity contribution >= 4 is 39.3 Å². The van der Waals surface area contributed by atoms with Crippen LogP contribution in [0, 0.1) is 17.3 Å². The van der Waals surface area contributed by atoms with E-state index < -0.39 is 51.5 Å². The number of anilines is 1. The highest BCUT2D eigenvalue weighted by Gasteiger charge is 2.42. The number of nitrogen functional groups attached to an aromatic ring is 1. The van der Waals surface area contributed by atoms with Gasteiger partial charge < -0.3 is 25.6 Å². The monoisotopic (exact) mass is 760 g/mol. The van der Waals surface area contributed by atoms with Gasteiger partial charge in [0.2, 0.25) is 23.6 Å². The fourth-order valence-electron chi connectivity index (χ4n) is 7.56. The minimum absolute atomic E-state index is 0.0642. The maximum absolute atomic E-state index is 14.3. The van der Waals surface area contributed by atoms with Crippen molar-refractivity contribution in [2.24, 2.45) is 17.3 Å². The molecule has 2 fully saturated rings. The van der Waals surface area contributed by atoms with Gasteiger partial charge in [-0.05, 0) is 88.6 Å². The number of nitrogens with zero attached hydrogens (tertiary/aromatic N) is 3. The predicted octanol–water partition coefficient (Wildman–Crippen LogP) is 3.94. The van der Waals surface area contributed by atoms with Crippen LogP contribution >= 0.6 is 0 Å². The molecule has 0 radical (unpaired) electrons. The zero-order chi connectivity index (χ0) is 40.0. The molecule has 6 atom stereocenters. The molecule has 4 N–H and O–H groups in total. The van der Waals surface area contributed by atoms with Crippen molar-refractivity contribution in [3.8, 4) is 0 Å². The molecule has 0 spiro atoms. The Hall–Kier alpha value is -3.49. The van der Waals surface area contributed by atoms with Crippen LogP contribution in [0.1, 0.15) is 94.4 Å². The highest BCUT2D eigenvalue weighted by atomic mass is 32.2. The van der Waals surface area contributed by atoms with Gasteiger partial charge in [0.1, 0.15) is 6.04 Å². The van der Waals surface area contributed by atoms with E-state index >= 15 is 0 Å². The van der Waals surface area contributed by atoms with Crippen molar-refractivity contribution in [3.05, 3.63) is 35.9 Å². The lowest BCUT2D eigenvalue weighted by atomic mass is 9.84. The van der Waals surface area contributed by atoms with Crippen LogP contribution in [-0.4, -0.2) is 110 Å². The van der Waals surface area contributed by atoms with E-state index in [4.69, 9.17) is 10.5 Å². The maximum Gasteiger partial charge on any atom is 0.264 e. The Labute approximate surface area is 317 Å². The van der Waals surface area contributed by atoms with Gasteiger partial charge in [0.05, 0.1) is 35.0 Å². The molecule has 0 bridgehead atoms. The molecule has 0 saturated carbocycles. The number of carbonyl (C=O) groups excluding carboxylic acids is 4. The van der Waals surface area contributed by atoms with Crippen molar-refractivity contribution in [2.75, 3.05) is 33.0 Å². The summed E-state index contributed by atoms with van der Waals surface area (Å²) < 4.78 is 33.8. The molecule has 2 heterocycles. The molecule has 0 unspecified atom stereocenters. The minimum atomic E-state index is -4.16. The van der Waals surface area contributed by atoms with Crippen molar-refractivity contribution in [1.82, 2.24) is 24.7 Å². The first kappa shape index (κ1) is 43.9. The third kappa shape index (κ3) is 10.8. The van der Waals surface area contributed by atoms with Gasteiger partial charge in [-0.3, -0.25) is 24.1 Å². The van der Waals surface area contributed by atoms with Crippen LogP contribution in [0.25, 0.3) is 0 Å². The number of sulfonamides is 1. The van der Waals surface area contributed by atoms with Crippen LogP contribution in [0.3, 0.4) is 0 Å². The summed E-state index contributed by atoms with van der Waals surface area (Å²) in [7, 11) is -1.000. The molecule has 298 valence electrons. The average molecular weight is 761 g/mol. The number of piperidine rings is 1. The van der Waals surface area contributed by atoms with Crippen LogP contribution in [0.4, 0.5) is 5.69 Å². The number of ether oxygens (including phenoxy) is 1. The van der Waals surface area contributed by atoms with E-state index in [0.29, 0.717) is 30.6 Å². The van der Waals surface area contributed by atoms with Gasteiger partial charge >= 0.3 is 0 Å². The number of rotatable bonds is 14. The summed E-state index contributed by atoms with van der Waals surface area (Å²) in [5.41, 5.74) is 5.93. The van der Waals surface area contributed by atoms with E-state index in [2.05, 4.69) is 28.8 Å². The highest BCUT2D eigenvalue weighted by Crippen LogP contribution is 2.30. The Kier molecular flexibility index (Phi) is 15.1. The summed E-state index contributed by atoms with van der Waals surface area (Å²) in [6, 6.07) is 3.70. The van der Waals surface area contributed by atoms with Crippen LogP contribution in [0.15, 0.2) is 40.8 Å². The Morgan fingerprint density at radius 3 is 2.15 bits per heavy atom. The molecule has 14 heteroatoms. The minimum Gasteiger partial charge on any atom is -0.399 e. The first-order valence-corrected chi connectivity index (χ1v) is 20.4. The number of amides is 4. The summed E-state index contributed by atoms with van der Waals surface area (Å²) in [5, 5.41) is 3.12. The van der Waals surface area contributed by atoms with Gasteiger partial charge in [0, 0.05) is 38.0 Å². The second-order valence-corrected chi connectivity index (χ2v) is 18.1. The maximum atomic E-state index is 14.3. The van der Waals surface area contributed by atoms with Gasteiger partial charge in [0.15, 0.2) is 0 Å². The number of nitrogens with one attached hydrogen (secondary N) is 2. The van der Waals surface area contributed by atoms with Gasteiger partial charge in [-0.1, -0.05) is 54.0 Å². The number of hydrogen-bond acceptors (Lipinski definition) is 9. The van der Waals surface area contributed by atoms with E-state index in [1.807, 2.05) is 34.6 Å². The zero-order valence-corrected chi connectivity index (χ0v) is 34.5. The first-order chi connectivity index (χ1) is 24.6. The second kappa shape index (κ2) is 18.2. The molecule has 0 aromatic heterocycles. The van der Waals surface area contributed by atoms with Crippen molar-refractivity contribution < 1.29 is 32.3 Å². The summed E-state index contributed by atoms with van der Waals surface area (Å²) in [5.74, 6) is -2.35. The molecule has 2 aliphatic heterocycles. The number of hydrogen-bond donors (Lipinski definition) is 3. The van der Waals surface area contributed by atoms with Crippen LogP contribution in [-0.2, 0) is 33.9 Å². The Morgan fingerprint density at radius 1 is 0.981 bits per heavy atom. The number of nitrogens with two attached hydrogens (primary N) is 1. The molecular formula is C39H64N6O7S. The topological polar surface area (TPSA) is 171 Å². The molecular weight excluding hydrogens is 697 g/mol. The zero-order valence-electron chi connectivity index (χ0n) is 33.6. The Bertz CT molecular complexity index is 1590. The molecule has 3 rings (SSSR count). The normalized spacial score (nSPS) is 21.2. The quantitative estimate of drug-likeness (QED) is 0.188. The number of carbonyl (C=O) groups is 4. The molecule has 53 heavy (non-hydrogen) atoms. The molecule has 1 aromatic rings. The molecule has 2 saturated heterocycles. The van der Waals surface area contributed by atoms with Gasteiger partial charge in [-0.25, -0.2) is 13.1 Å². The van der Waals surface area contributed by atoms with E-state index in [9.17, 15) is 27.6 Å². The highest BCUT2D eigenvalue weighted by molar-refractivity contribution is 7.90. The molecule has 1 aromatic carbocycles. The summed E-state index contributed by atoms with van der Waals surface area (Å²) in [4.78, 5) is 60.8. The summed E-state index contributed by atoms with van der Waals surface area (Å²) >= 11 is 0. The van der Waals surface area contributed by atoms with E-state index in [-0.39, 0.29) is 40.6 Å². The Balaban J connectivity index is 1.80. The average Bonchev–Trinajstić information content (AvgIpc) is 3.57. The summed E-state index contributed by atoms with van der Waals surface area (Å²) in [6.45, 7) is 18.5. The molecule has 4 amide bonds. The SMILES string of the molecule is CO[C@H]([C@@H](C)C(=O)NS(=O)(=O)c1ccc(N)cc1)[C@@H]1CCCN1C(=O)C(C)=C[C@H](C(C)C)N(C)C(=O)[C@@H](NC(=O)[C@@H]1CCCCN1C(C)C)C(C)(C)C. The van der Waals surface area contributed by atoms with E-state index in [1.54, 1.807) is 36.8 Å². The number of benzene rings is 1. The third-order valence-electron chi connectivity index (χ3n) is 10.7. The van der Waals surface area contributed by atoms with E-state index in [0.717, 1.165) is 25.8 Å². The van der Waals surface area contributed by atoms with Crippen molar-refractivity contribution in [3.63, 3.8) is 0 Å². The van der Waals surface area contributed by atoms with E-state index in [1.165, 1.54) is 31.4 Å². The molecule has 0 aliphatic carbocycles. The fourth-order valence-corrected chi connectivity index (χ4v) is 8.62. The summed E-state index contributed by atoms with van der Waals surface area (Å²) in [6.07, 6.45) is 5.01. The lowest BCUT2D eigenvalue weighted by Gasteiger charge is -2.41. The second-order valence-electron chi connectivity index (χ2n) is 16.4. The number of methoxy groups -OCH3 is 1. The van der Waals surface area contributed by atoms with Crippen LogP contribution < -0.4 is 15.8 Å². The smallest absolute Gasteiger partial charge is 0.264 e. The third-order valence-corrected chi connectivity index (χ3v) is 12.1. The van der Waals surface area contributed by atoms with Crippen molar-refractivity contribution in [2.45, 2.75) is 136 Å².